The van der Waals surface area contributed by atoms with Crippen molar-refractivity contribution in [3.8, 4) is 78.9 Å². The van der Waals surface area contributed by atoms with Crippen LogP contribution in [0.5, 0.6) is 0 Å². The van der Waals surface area contributed by atoms with Crippen LogP contribution in [0.2, 0.25) is 0 Å². The summed E-state index contributed by atoms with van der Waals surface area (Å²) in [7, 11) is 0. The lowest BCUT2D eigenvalue weighted by molar-refractivity contribution is 1.07. The first-order valence-electron chi connectivity index (χ1n) is 23.0. The van der Waals surface area contributed by atoms with Crippen LogP contribution in [0, 0.1) is 0 Å². The van der Waals surface area contributed by atoms with Crippen LogP contribution >= 0.6 is 0 Å². The van der Waals surface area contributed by atoms with Gasteiger partial charge in [0.1, 0.15) is 0 Å². The van der Waals surface area contributed by atoms with Crippen molar-refractivity contribution in [2.75, 3.05) is 0 Å². The Hall–Kier alpha value is -9.19. The van der Waals surface area contributed by atoms with Gasteiger partial charge in [0, 0.05) is 49.5 Å². The average Bonchev–Trinajstić information content (AvgIpc) is 3.94. The van der Waals surface area contributed by atoms with Gasteiger partial charge in [-0.25, -0.2) is 15.0 Å². The van der Waals surface area contributed by atoms with E-state index in [9.17, 15) is 0 Å². The molecule has 5 heteroatoms. The Balaban J connectivity index is 0.869. The quantitative estimate of drug-likeness (QED) is 0.153. The van der Waals surface area contributed by atoms with Crippen molar-refractivity contribution in [3.05, 3.63) is 249 Å². The minimum absolute atomic E-state index is 0.618. The van der Waals surface area contributed by atoms with Crippen molar-refractivity contribution in [1.82, 2.24) is 24.1 Å². The smallest absolute Gasteiger partial charge is 0.164 e. The Morgan fingerprint density at radius 3 is 1.19 bits per heavy atom. The predicted octanol–water partition coefficient (Wildman–Crippen LogP) is 16.1. The predicted molar refractivity (Wildman–Crippen MR) is 281 cm³/mol. The van der Waals surface area contributed by atoms with Crippen LogP contribution in [0.15, 0.2) is 249 Å². The van der Waals surface area contributed by atoms with E-state index in [0.29, 0.717) is 17.5 Å². The first-order valence-corrected chi connectivity index (χ1v) is 23.0. The molecule has 3 aromatic heterocycles. The highest BCUT2D eigenvalue weighted by Gasteiger charge is 2.18. The van der Waals surface area contributed by atoms with Crippen molar-refractivity contribution < 1.29 is 0 Å². The van der Waals surface area contributed by atoms with E-state index in [1.807, 2.05) is 30.3 Å². The second-order valence-electron chi connectivity index (χ2n) is 17.2. The number of fused-ring (bicyclic) bond motifs is 6. The number of aromatic nitrogens is 5. The zero-order valence-electron chi connectivity index (χ0n) is 36.9. The average molecular weight is 868 g/mol. The van der Waals surface area contributed by atoms with Gasteiger partial charge in [-0.2, -0.15) is 0 Å². The van der Waals surface area contributed by atoms with Gasteiger partial charge in [0.2, 0.25) is 0 Å². The highest BCUT2D eigenvalue weighted by Crippen LogP contribution is 2.39. The maximum atomic E-state index is 5.16. The van der Waals surface area contributed by atoms with Crippen LogP contribution < -0.4 is 0 Å². The van der Waals surface area contributed by atoms with Crippen molar-refractivity contribution >= 4 is 43.6 Å². The summed E-state index contributed by atoms with van der Waals surface area (Å²) >= 11 is 0. The molecule has 0 bridgehead atoms. The van der Waals surface area contributed by atoms with Gasteiger partial charge >= 0.3 is 0 Å². The van der Waals surface area contributed by atoms with Gasteiger partial charge in [-0.05, 0) is 82.4 Å². The van der Waals surface area contributed by atoms with E-state index in [0.717, 1.165) is 61.4 Å². The lowest BCUT2D eigenvalue weighted by Gasteiger charge is -2.16. The molecule has 0 aliphatic heterocycles. The fourth-order valence-electron chi connectivity index (χ4n) is 9.97. The molecule has 0 N–H and O–H groups in total. The highest BCUT2D eigenvalue weighted by molar-refractivity contribution is 6.10. The summed E-state index contributed by atoms with van der Waals surface area (Å²) in [6.07, 6.45) is 0. The molecule has 10 aromatic carbocycles. The van der Waals surface area contributed by atoms with Crippen molar-refractivity contribution in [3.63, 3.8) is 0 Å². The molecule has 0 radical (unpaired) electrons. The molecular weight excluding hydrogens is 827 g/mol. The van der Waals surface area contributed by atoms with Crippen molar-refractivity contribution in [1.29, 1.82) is 0 Å². The van der Waals surface area contributed by atoms with Crippen molar-refractivity contribution in [2.45, 2.75) is 0 Å². The van der Waals surface area contributed by atoms with E-state index >= 15 is 0 Å². The lowest BCUT2D eigenvalue weighted by Crippen LogP contribution is -2.01. The lowest BCUT2D eigenvalue weighted by atomic mass is 9.94. The normalized spacial score (nSPS) is 11.5. The van der Waals surface area contributed by atoms with E-state index in [-0.39, 0.29) is 0 Å². The van der Waals surface area contributed by atoms with Crippen LogP contribution in [0.4, 0.5) is 0 Å². The standard InChI is InChI=1S/C63H41N5/c1-3-17-43(18-4-1)55-41-48(37-38-60(55)68-58-31-13-9-27-53(58)54-28-10-14-32-59(54)68)47-22-15-21-46(39-47)42-33-35-45(36-34-42)62-64-61(44-19-5-2-6-20-44)65-63(66-62)49-23-16-24-50(40-49)67-56-29-11-7-25-51(56)52-26-8-12-30-57(52)67/h1-41H. The molecule has 0 aliphatic carbocycles. The largest absolute Gasteiger partial charge is 0.309 e. The van der Waals surface area contributed by atoms with Gasteiger partial charge in [0.05, 0.1) is 27.8 Å². The van der Waals surface area contributed by atoms with E-state index in [4.69, 9.17) is 15.0 Å². The first-order chi connectivity index (χ1) is 33.7. The Morgan fingerprint density at radius 1 is 0.235 bits per heavy atom. The zero-order chi connectivity index (χ0) is 45.0. The summed E-state index contributed by atoms with van der Waals surface area (Å²) < 4.78 is 4.74. The van der Waals surface area contributed by atoms with Crippen LogP contribution in [0.25, 0.3) is 123 Å². The van der Waals surface area contributed by atoms with Crippen LogP contribution in [-0.2, 0) is 0 Å². The maximum absolute atomic E-state index is 5.16. The summed E-state index contributed by atoms with van der Waals surface area (Å²) in [5, 5.41) is 4.94. The van der Waals surface area contributed by atoms with Gasteiger partial charge in [-0.1, -0.05) is 194 Å². The minimum atomic E-state index is 0.618. The molecule has 0 spiro atoms. The van der Waals surface area contributed by atoms with E-state index < -0.39 is 0 Å². The van der Waals surface area contributed by atoms with E-state index in [2.05, 4.69) is 228 Å². The monoisotopic (exact) mass is 867 g/mol. The SMILES string of the molecule is c1ccc(-c2nc(-c3ccc(-c4cccc(-c5ccc(-n6c7ccccc7c7ccccc76)c(-c6ccccc6)c5)c4)cc3)nc(-c3cccc(-n4c5ccccc5c5ccccc54)c3)n2)cc1. The van der Waals surface area contributed by atoms with E-state index in [1.165, 1.54) is 43.7 Å². The number of para-hydroxylation sites is 4. The second kappa shape index (κ2) is 16.4. The van der Waals surface area contributed by atoms with Gasteiger partial charge in [0.15, 0.2) is 17.5 Å². The number of nitrogens with zero attached hydrogens (tertiary/aromatic N) is 5. The number of hydrogen-bond donors (Lipinski definition) is 0. The minimum Gasteiger partial charge on any atom is -0.309 e. The maximum Gasteiger partial charge on any atom is 0.164 e. The van der Waals surface area contributed by atoms with Crippen LogP contribution in [0.3, 0.4) is 0 Å². The Kier molecular flexibility index (Phi) is 9.43. The van der Waals surface area contributed by atoms with Gasteiger partial charge in [-0.3, -0.25) is 0 Å². The topological polar surface area (TPSA) is 48.5 Å². The molecule has 0 saturated carbocycles. The Labute approximate surface area is 393 Å². The molecule has 0 atom stereocenters. The number of hydrogen-bond acceptors (Lipinski definition) is 3. The van der Waals surface area contributed by atoms with Crippen LogP contribution in [-0.4, -0.2) is 24.1 Å². The third-order valence-electron chi connectivity index (χ3n) is 13.2. The molecule has 0 fully saturated rings. The summed E-state index contributed by atoms with van der Waals surface area (Å²) in [5.74, 6) is 1.86. The molecule has 0 unspecified atom stereocenters. The molecule has 0 saturated heterocycles. The molecular formula is C63H41N5. The third kappa shape index (κ3) is 6.76. The summed E-state index contributed by atoms with van der Waals surface area (Å²) in [4.78, 5) is 15.3. The van der Waals surface area contributed by atoms with Crippen LogP contribution in [0.1, 0.15) is 0 Å². The zero-order valence-corrected chi connectivity index (χ0v) is 36.9. The van der Waals surface area contributed by atoms with Gasteiger partial charge in [-0.15, -0.1) is 0 Å². The third-order valence-corrected chi connectivity index (χ3v) is 13.2. The first kappa shape index (κ1) is 39.2. The molecule has 5 nitrogen and oxygen atoms in total. The van der Waals surface area contributed by atoms with Crippen molar-refractivity contribution in [2.24, 2.45) is 0 Å². The fourth-order valence-corrected chi connectivity index (χ4v) is 9.97. The Morgan fingerprint density at radius 2 is 0.618 bits per heavy atom. The molecule has 0 aliphatic rings. The van der Waals surface area contributed by atoms with E-state index in [1.54, 1.807) is 0 Å². The summed E-state index contributed by atoms with van der Waals surface area (Å²) in [5.41, 5.74) is 16.5. The summed E-state index contributed by atoms with van der Waals surface area (Å²) in [6, 6.07) is 88.3. The number of benzene rings is 10. The second-order valence-corrected chi connectivity index (χ2v) is 17.2. The fraction of sp³-hybridized carbons (Fsp3) is 0. The van der Waals surface area contributed by atoms with Gasteiger partial charge < -0.3 is 9.13 Å². The molecule has 3 heterocycles. The molecule has 0 amide bonds. The number of rotatable bonds is 8. The molecule has 13 aromatic rings. The summed E-state index contributed by atoms with van der Waals surface area (Å²) in [6.45, 7) is 0. The highest BCUT2D eigenvalue weighted by atomic mass is 15.0. The molecule has 318 valence electrons. The molecule has 68 heavy (non-hydrogen) atoms. The molecule has 13 rings (SSSR count). The van der Waals surface area contributed by atoms with Gasteiger partial charge in [0.25, 0.3) is 0 Å². The Bertz CT molecular complexity index is 3910.